The van der Waals surface area contributed by atoms with Gasteiger partial charge >= 0.3 is 6.18 Å². The second-order valence-corrected chi connectivity index (χ2v) is 7.20. The fourth-order valence-corrected chi connectivity index (χ4v) is 3.83. The van der Waals surface area contributed by atoms with E-state index in [4.69, 9.17) is 0 Å². The Kier molecular flexibility index (Phi) is 4.13. The Morgan fingerprint density at radius 2 is 1.89 bits per heavy atom. The third kappa shape index (κ3) is 3.05. The van der Waals surface area contributed by atoms with Gasteiger partial charge in [-0.1, -0.05) is 11.3 Å². The normalized spacial score (nSPS) is 25.9. The Hall–Kier alpha value is -0.340. The molecule has 0 N–H and O–H groups in total. The van der Waals surface area contributed by atoms with Gasteiger partial charge in [0.2, 0.25) is 0 Å². The monoisotopic (exact) mass is 357 g/mol. The van der Waals surface area contributed by atoms with E-state index >= 15 is 0 Å². The summed E-state index contributed by atoms with van der Waals surface area (Å²) in [7, 11) is 2.03. The van der Waals surface area contributed by atoms with Gasteiger partial charge in [0.25, 0.3) is 0 Å². The average molecular weight is 358 g/mol. The highest BCUT2D eigenvalue weighted by Crippen LogP contribution is 2.41. The maximum Gasteiger partial charge on any atom is 0.435 e. The molecule has 19 heavy (non-hydrogen) atoms. The third-order valence-corrected chi connectivity index (χ3v) is 5.13. The minimum absolute atomic E-state index is 0.0498. The molecular weight excluding hydrogens is 343 g/mol. The van der Waals surface area contributed by atoms with E-state index in [-0.39, 0.29) is 9.83 Å². The summed E-state index contributed by atoms with van der Waals surface area (Å²) in [5, 5.41) is 0.437. The molecule has 2 rings (SSSR count). The molecule has 3 nitrogen and oxygen atoms in total. The maximum atomic E-state index is 12.8. The summed E-state index contributed by atoms with van der Waals surface area (Å²) in [5.41, 5.74) is -0.828. The zero-order valence-corrected chi connectivity index (χ0v) is 13.2. The van der Waals surface area contributed by atoms with Gasteiger partial charge in [0.1, 0.15) is 3.79 Å². The van der Waals surface area contributed by atoms with Crippen molar-refractivity contribution >= 4 is 32.4 Å². The number of rotatable bonds is 1. The molecule has 0 amide bonds. The Morgan fingerprint density at radius 1 is 1.26 bits per heavy atom. The Bertz CT molecular complexity index is 463. The molecule has 0 aliphatic carbocycles. The molecule has 0 aromatic carbocycles. The lowest BCUT2D eigenvalue weighted by atomic mass is 10.1. The first-order valence-corrected chi connectivity index (χ1v) is 7.51. The summed E-state index contributed by atoms with van der Waals surface area (Å²) in [6.45, 7) is 5.58. The quantitative estimate of drug-likeness (QED) is 0.767. The van der Waals surface area contributed by atoms with Crippen molar-refractivity contribution in [1.29, 1.82) is 0 Å². The van der Waals surface area contributed by atoms with Crippen LogP contribution >= 0.6 is 27.3 Å². The predicted molar refractivity (Wildman–Crippen MR) is 73.7 cm³/mol. The van der Waals surface area contributed by atoms with Crippen LogP contribution in [0.25, 0.3) is 0 Å². The summed E-state index contributed by atoms with van der Waals surface area (Å²) in [6, 6.07) is 0.452. The minimum Gasteiger partial charge on any atom is -0.343 e. The first-order chi connectivity index (χ1) is 8.70. The fourth-order valence-electron chi connectivity index (χ4n) is 2.15. The first-order valence-electron chi connectivity index (χ1n) is 5.90. The largest absolute Gasteiger partial charge is 0.435 e. The number of anilines is 1. The number of hydrogen-bond acceptors (Lipinski definition) is 4. The van der Waals surface area contributed by atoms with E-state index in [1.165, 1.54) is 0 Å². The van der Waals surface area contributed by atoms with Gasteiger partial charge in [-0.25, -0.2) is 4.98 Å². The molecule has 1 saturated heterocycles. The number of halogens is 4. The van der Waals surface area contributed by atoms with Gasteiger partial charge in [-0.3, -0.25) is 4.90 Å². The second-order valence-electron chi connectivity index (χ2n) is 4.91. The van der Waals surface area contributed by atoms with E-state index in [2.05, 4.69) is 32.7 Å². The van der Waals surface area contributed by atoms with Gasteiger partial charge in [-0.15, -0.1) is 0 Å². The lowest BCUT2D eigenvalue weighted by molar-refractivity contribution is -0.141. The smallest absolute Gasteiger partial charge is 0.343 e. The zero-order chi connectivity index (χ0) is 14.4. The molecule has 0 saturated carbocycles. The zero-order valence-electron chi connectivity index (χ0n) is 10.8. The highest BCUT2D eigenvalue weighted by Gasteiger charge is 2.38. The highest BCUT2D eigenvalue weighted by atomic mass is 79.9. The van der Waals surface area contributed by atoms with Crippen LogP contribution in [0.5, 0.6) is 0 Å². The van der Waals surface area contributed by atoms with Crippen molar-refractivity contribution in [3.05, 3.63) is 9.48 Å². The Labute approximate surface area is 122 Å². The molecule has 0 bridgehead atoms. The van der Waals surface area contributed by atoms with Crippen molar-refractivity contribution < 1.29 is 13.2 Å². The predicted octanol–water partition coefficient (Wildman–Crippen LogP) is 3.45. The van der Waals surface area contributed by atoms with E-state index in [1.54, 1.807) is 0 Å². The molecule has 2 heterocycles. The molecule has 0 spiro atoms. The number of alkyl halides is 3. The fraction of sp³-hybridized carbons (Fsp3) is 0.727. The van der Waals surface area contributed by atoms with E-state index in [9.17, 15) is 13.2 Å². The average Bonchev–Trinajstić information content (AvgIpc) is 2.65. The van der Waals surface area contributed by atoms with Crippen LogP contribution in [0.1, 0.15) is 19.5 Å². The van der Waals surface area contributed by atoms with Crippen molar-refractivity contribution in [3.8, 4) is 0 Å². The SMILES string of the molecule is C[C@@H]1CN(c2nc(C(F)(F)F)c(Br)s2)[C@@H](C)CN1C. The molecule has 1 aliphatic rings. The molecule has 1 aromatic heterocycles. The summed E-state index contributed by atoms with van der Waals surface area (Å²) in [4.78, 5) is 7.93. The topological polar surface area (TPSA) is 19.4 Å². The van der Waals surface area contributed by atoms with Gasteiger partial charge < -0.3 is 4.90 Å². The molecule has 2 atom stereocenters. The molecule has 1 aromatic rings. The van der Waals surface area contributed by atoms with Crippen molar-refractivity contribution in [2.24, 2.45) is 0 Å². The lowest BCUT2D eigenvalue weighted by Gasteiger charge is -2.42. The Balaban J connectivity index is 2.27. The molecular formula is C11H15BrF3N3S. The molecule has 8 heteroatoms. The van der Waals surface area contributed by atoms with Crippen LogP contribution in [-0.2, 0) is 6.18 Å². The van der Waals surface area contributed by atoms with Crippen molar-refractivity contribution in [2.75, 3.05) is 25.0 Å². The van der Waals surface area contributed by atoms with Crippen LogP contribution in [-0.4, -0.2) is 42.1 Å². The summed E-state index contributed by atoms with van der Waals surface area (Å²) in [6.07, 6.45) is -4.41. The number of aromatic nitrogens is 1. The molecule has 0 radical (unpaired) electrons. The second kappa shape index (κ2) is 5.21. The summed E-state index contributed by atoms with van der Waals surface area (Å²) in [5.74, 6) is 0. The van der Waals surface area contributed by atoms with Gasteiger partial charge in [-0.05, 0) is 36.8 Å². The van der Waals surface area contributed by atoms with E-state index in [0.717, 1.165) is 17.9 Å². The first kappa shape index (κ1) is 15.1. The van der Waals surface area contributed by atoms with Crippen LogP contribution in [0.4, 0.5) is 18.3 Å². The van der Waals surface area contributed by atoms with Crippen molar-refractivity contribution in [2.45, 2.75) is 32.1 Å². The van der Waals surface area contributed by atoms with Gasteiger partial charge in [0, 0.05) is 25.2 Å². The number of piperazine rings is 1. The minimum atomic E-state index is -4.41. The summed E-state index contributed by atoms with van der Waals surface area (Å²) >= 11 is 4.01. The third-order valence-electron chi connectivity index (χ3n) is 3.39. The maximum absolute atomic E-state index is 12.8. The molecule has 1 fully saturated rings. The van der Waals surface area contributed by atoms with Crippen LogP contribution in [0.15, 0.2) is 3.79 Å². The van der Waals surface area contributed by atoms with Crippen LogP contribution < -0.4 is 4.90 Å². The van der Waals surface area contributed by atoms with Crippen molar-refractivity contribution in [3.63, 3.8) is 0 Å². The van der Waals surface area contributed by atoms with Gasteiger partial charge in [0.05, 0.1) is 0 Å². The number of thiazole rings is 1. The van der Waals surface area contributed by atoms with Gasteiger partial charge in [-0.2, -0.15) is 13.2 Å². The number of likely N-dealkylation sites (N-methyl/N-ethyl adjacent to an activating group) is 1. The number of nitrogens with zero attached hydrogens (tertiary/aromatic N) is 3. The highest BCUT2D eigenvalue weighted by molar-refractivity contribution is 9.11. The van der Waals surface area contributed by atoms with E-state index < -0.39 is 11.9 Å². The lowest BCUT2D eigenvalue weighted by Crippen LogP contribution is -2.55. The van der Waals surface area contributed by atoms with Crippen molar-refractivity contribution in [1.82, 2.24) is 9.88 Å². The molecule has 108 valence electrons. The van der Waals surface area contributed by atoms with E-state index in [1.807, 2.05) is 18.9 Å². The van der Waals surface area contributed by atoms with Crippen LogP contribution in [0.2, 0.25) is 0 Å². The van der Waals surface area contributed by atoms with Crippen LogP contribution in [0, 0.1) is 0 Å². The van der Waals surface area contributed by atoms with E-state index in [0.29, 0.717) is 17.7 Å². The molecule has 1 aliphatic heterocycles. The summed E-state index contributed by atoms with van der Waals surface area (Å²) < 4.78 is 38.3. The Morgan fingerprint density at radius 3 is 2.42 bits per heavy atom. The van der Waals surface area contributed by atoms with Crippen LogP contribution in [0.3, 0.4) is 0 Å². The standard InChI is InChI=1S/C11H15BrF3N3S/c1-6-5-18(7(2)4-17(6)3)10-16-8(9(12)19-10)11(13,14)15/h6-7H,4-5H2,1-3H3/t6-,7+/m1/s1. The van der Waals surface area contributed by atoms with Gasteiger partial charge in [0.15, 0.2) is 10.8 Å². The number of hydrogen-bond donors (Lipinski definition) is 0. The molecule has 0 unspecified atom stereocenters.